The summed E-state index contributed by atoms with van der Waals surface area (Å²) in [5, 5.41) is 0. The first-order chi connectivity index (χ1) is 18.6. The van der Waals surface area contributed by atoms with Crippen LogP contribution < -0.4 is 0 Å². The fraction of sp³-hybridized carbons (Fsp3) is 0.229. The average Bonchev–Trinajstić information content (AvgIpc) is 3.70. The Morgan fingerprint density at radius 2 is 1.21 bits per heavy atom. The summed E-state index contributed by atoms with van der Waals surface area (Å²) < 4.78 is 0. The maximum absolute atomic E-state index is 11.9. The summed E-state index contributed by atoms with van der Waals surface area (Å²) in [6.45, 7) is 0. The van der Waals surface area contributed by atoms with Crippen molar-refractivity contribution < 1.29 is 31.5 Å². The number of hydrogen-bond donors (Lipinski definition) is 0. The van der Waals surface area contributed by atoms with Gasteiger partial charge in [0.2, 0.25) is 0 Å². The molecule has 0 unspecified atom stereocenters. The molecule has 0 heterocycles. The van der Waals surface area contributed by atoms with Crippen LogP contribution >= 0.6 is 0 Å². The van der Waals surface area contributed by atoms with Crippen molar-refractivity contribution in [2.45, 2.75) is 51.4 Å². The molecule has 3 nitrogen and oxygen atoms in total. The molecule has 0 aliphatic rings. The van der Waals surface area contributed by atoms with Gasteiger partial charge in [0.25, 0.3) is 0 Å². The van der Waals surface area contributed by atoms with E-state index in [-0.39, 0.29) is 34.4 Å². The predicted octanol–water partition coefficient (Wildman–Crippen LogP) is 8.89. The van der Waals surface area contributed by atoms with E-state index in [0.717, 1.165) is 60.8 Å². The minimum Gasteiger partial charge on any atom is -0.645 e. The van der Waals surface area contributed by atoms with Crippen molar-refractivity contribution in [3.63, 3.8) is 0 Å². The van der Waals surface area contributed by atoms with E-state index < -0.39 is 0 Å². The van der Waals surface area contributed by atoms with Crippen LogP contribution in [0, 0.1) is 0 Å². The summed E-state index contributed by atoms with van der Waals surface area (Å²) in [4.78, 5) is 35.3. The second-order valence-electron chi connectivity index (χ2n) is 9.29. The molecule has 208 valence electrons. The van der Waals surface area contributed by atoms with E-state index in [2.05, 4.69) is 0 Å². The number of carbonyl (C=O) groups excluding carboxylic acids is 3. The molecule has 4 heteroatoms. The minimum atomic E-state index is 0. The van der Waals surface area contributed by atoms with E-state index in [0.29, 0.717) is 12.8 Å². The molecule has 0 amide bonds. The van der Waals surface area contributed by atoms with E-state index in [4.69, 9.17) is 0 Å². The second kappa shape index (κ2) is 18.6. The Bertz CT molecular complexity index is 1240. The zero-order valence-electron chi connectivity index (χ0n) is 22.3. The van der Waals surface area contributed by atoms with Crippen molar-refractivity contribution in [2.24, 2.45) is 0 Å². The average molecular weight is 561 g/mol. The molecule has 0 fully saturated rings. The van der Waals surface area contributed by atoms with Crippen molar-refractivity contribution in [3.05, 3.63) is 138 Å². The van der Waals surface area contributed by atoms with Crippen LogP contribution in [-0.4, -0.2) is 17.3 Å². The van der Waals surface area contributed by atoms with Crippen molar-refractivity contribution >= 4 is 23.4 Å². The molecule has 0 radical (unpaired) electrons. The third-order valence-electron chi connectivity index (χ3n) is 6.31. The summed E-state index contributed by atoms with van der Waals surface area (Å²) in [6, 6.07) is 34.2. The number of hydrogen-bond acceptors (Lipinski definition) is 3. The zero-order valence-corrected chi connectivity index (χ0v) is 23.4. The van der Waals surface area contributed by atoms with Gasteiger partial charge in [-0.05, 0) is 19.3 Å². The Hall–Kier alpha value is -3.59. The smallest absolute Gasteiger partial charge is 0.162 e. The summed E-state index contributed by atoms with van der Waals surface area (Å²) in [5.41, 5.74) is 3.43. The molecule has 39 heavy (non-hydrogen) atoms. The maximum Gasteiger partial charge on any atom is 0.162 e. The van der Waals surface area contributed by atoms with Gasteiger partial charge in [0.05, 0.1) is 0 Å². The van der Waals surface area contributed by atoms with Crippen molar-refractivity contribution in [1.82, 2.24) is 0 Å². The van der Waals surface area contributed by atoms with Gasteiger partial charge in [-0.2, -0.15) is 18.2 Å². The molecule has 0 aliphatic carbocycles. The first-order valence-electron chi connectivity index (χ1n) is 13.5. The molecule has 0 saturated heterocycles. The normalized spacial score (nSPS) is 10.4. The van der Waals surface area contributed by atoms with Crippen LogP contribution in [0.1, 0.15) is 88.0 Å². The summed E-state index contributed by atoms with van der Waals surface area (Å²) >= 11 is 0. The molecule has 0 saturated carbocycles. The third kappa shape index (κ3) is 12.2. The molecular formula is C35H36FeO3-6. The molecule has 0 atom stereocenters. The van der Waals surface area contributed by atoms with Crippen LogP contribution in [0.4, 0.5) is 0 Å². The topological polar surface area (TPSA) is 51.2 Å². The Morgan fingerprint density at radius 1 is 0.667 bits per heavy atom. The van der Waals surface area contributed by atoms with Gasteiger partial charge in [0, 0.05) is 29.1 Å². The molecule has 0 N–H and O–H groups in total. The first kappa shape index (κ1) is 31.6. The molecule has 0 aliphatic heterocycles. The molecule has 4 aromatic carbocycles. The Morgan fingerprint density at radius 3 is 1.82 bits per heavy atom. The molecule has 0 bridgehead atoms. The Kier molecular flexibility index (Phi) is 15.1. The number of unbranched alkanes of at least 4 members (excludes halogenated alkanes) is 5. The van der Waals surface area contributed by atoms with Gasteiger partial charge in [0.1, 0.15) is 5.78 Å². The molecule has 0 aromatic heterocycles. The van der Waals surface area contributed by atoms with Gasteiger partial charge in [-0.1, -0.05) is 97.5 Å². The molecule has 4 aromatic rings. The Labute approximate surface area is 243 Å². The number of carbonyl (C=O) groups is 3. The summed E-state index contributed by atoms with van der Waals surface area (Å²) in [5.74, 6) is 0.540. The van der Waals surface area contributed by atoms with Crippen LogP contribution in [0.5, 0.6) is 0 Å². The van der Waals surface area contributed by atoms with E-state index in [9.17, 15) is 14.4 Å². The van der Waals surface area contributed by atoms with Gasteiger partial charge in [-0.25, -0.2) is 12.1 Å². The van der Waals surface area contributed by atoms with Crippen LogP contribution in [0.2, 0.25) is 0 Å². The summed E-state index contributed by atoms with van der Waals surface area (Å²) in [7, 11) is 0. The zero-order chi connectivity index (χ0) is 26.8. The van der Waals surface area contributed by atoms with Crippen LogP contribution in [0.3, 0.4) is 0 Å². The summed E-state index contributed by atoms with van der Waals surface area (Å²) in [6.07, 6.45) is 11.1. The number of Topliss-reactive ketones (excluding diaryl/α,β-unsaturated/α-hetero) is 2. The van der Waals surface area contributed by atoms with E-state index in [1.165, 1.54) is 0 Å². The van der Waals surface area contributed by atoms with Gasteiger partial charge < -0.3 is 51.3 Å². The SMILES string of the molecule is O=C(C=Cc1ccccc1)[c-]1[cH-][cH-][cH-][cH-]1.O=C(CCCCCCCCC(=O)[c-]1cccc1)c1ccccc1.[Fe]. The van der Waals surface area contributed by atoms with Crippen molar-refractivity contribution in [3.8, 4) is 0 Å². The van der Waals surface area contributed by atoms with E-state index in [1.54, 1.807) is 6.08 Å². The predicted molar refractivity (Wildman–Crippen MR) is 156 cm³/mol. The second-order valence-corrected chi connectivity index (χ2v) is 9.29. The fourth-order valence-electron chi connectivity index (χ4n) is 4.12. The quantitative estimate of drug-likeness (QED) is 0.0509. The van der Waals surface area contributed by atoms with E-state index >= 15 is 0 Å². The standard InChI is InChI=1S/C21H25O2.C14H11O.Fe/c22-20(18-12-6-5-7-13-18)16-8-3-1-2-4-9-17-21(23)19-14-10-11-15-19;15-14(13-8-4-5-9-13)11-10-12-6-2-1-3-7-12;/h5-7,10-15H,1-4,8-9,16-17H2;1-11H;/q-1;-5;. The maximum atomic E-state index is 11.9. The van der Waals surface area contributed by atoms with E-state index in [1.807, 2.05) is 115 Å². The largest absolute Gasteiger partial charge is 0.645 e. The molecule has 4 rings (SSSR count). The van der Waals surface area contributed by atoms with Crippen molar-refractivity contribution in [2.75, 3.05) is 0 Å². The number of rotatable bonds is 14. The van der Waals surface area contributed by atoms with Crippen molar-refractivity contribution in [1.29, 1.82) is 0 Å². The Balaban J connectivity index is 0.000000289. The van der Waals surface area contributed by atoms with Gasteiger partial charge >= 0.3 is 0 Å². The van der Waals surface area contributed by atoms with Crippen LogP contribution in [-0.2, 0) is 17.1 Å². The molecule has 0 spiro atoms. The first-order valence-corrected chi connectivity index (χ1v) is 13.5. The van der Waals surface area contributed by atoms with Crippen LogP contribution in [0.25, 0.3) is 6.08 Å². The number of allylic oxidation sites excluding steroid dienone is 1. The molecular weight excluding hydrogens is 524 g/mol. The fourth-order valence-corrected chi connectivity index (χ4v) is 4.12. The number of benzene rings is 2. The minimum absolute atomic E-state index is 0. The van der Waals surface area contributed by atoms with Crippen LogP contribution in [0.15, 0.2) is 115 Å². The third-order valence-corrected chi connectivity index (χ3v) is 6.31. The van der Waals surface area contributed by atoms with Gasteiger partial charge in [-0.3, -0.25) is 4.79 Å². The monoisotopic (exact) mass is 560 g/mol. The van der Waals surface area contributed by atoms with Gasteiger partial charge in [0.15, 0.2) is 5.78 Å². The number of ketones is 3. The van der Waals surface area contributed by atoms with Gasteiger partial charge in [-0.15, -0.1) is 0 Å².